The van der Waals surface area contributed by atoms with E-state index in [1.165, 1.54) is 99.6 Å². The largest absolute Gasteiger partial charge is 0.358 e. The lowest BCUT2D eigenvalue weighted by Crippen LogP contribution is -1.97. The molecule has 1 N–H and O–H groups in total. The molecule has 7 aromatic rings. The second-order valence-electron chi connectivity index (χ2n) is 16.1. The van der Waals surface area contributed by atoms with Crippen LogP contribution in [0.5, 0.6) is 0 Å². The minimum Gasteiger partial charge on any atom is -0.358 e. The average Bonchev–Trinajstić information content (AvgIpc) is 3.60. The Morgan fingerprint density at radius 1 is 0.633 bits per heavy atom. The first kappa shape index (κ1) is 43.1. The van der Waals surface area contributed by atoms with Gasteiger partial charge in [-0.15, -0.1) is 0 Å². The SMILES string of the molecule is C=C/C=C\c1c(C)c2cc(C)ccc2c2ccccc12.C=Cc1[nH]c(CC2=CC=CCC2)c(-c2cc(-c3ccc(C)cc3)ccc2C)c1/C=C\CC.Cc1cccc(C)c1. The molecule has 1 heterocycles. The standard InChI is InChI=1S/C31H33N.C20H18.C8H10/c1-5-7-13-27-29(6-2)32-30(20-24-11-9-8-10-12-24)31(27)28-21-26(19-16-23(28)4)25-17-14-22(3)15-18-25;1-4-5-8-16-15(3)20-13-14(2)11-12-19(20)18-10-7-6-9-17(16)18;1-7-4-3-5-8(2)6-7/h6-9,11,13-19,21,32H,2,5,10,12,20H2,1,3-4H3;4-13H,1H2,2-3H3;3-6H,1-2H3/b13-7-;8-5-;. The van der Waals surface area contributed by atoms with Crippen LogP contribution in [0.4, 0.5) is 0 Å². The van der Waals surface area contributed by atoms with Gasteiger partial charge >= 0.3 is 0 Å². The van der Waals surface area contributed by atoms with Gasteiger partial charge in [0.15, 0.2) is 0 Å². The van der Waals surface area contributed by atoms with E-state index in [4.69, 9.17) is 0 Å². The molecule has 0 unspecified atom stereocenters. The van der Waals surface area contributed by atoms with Crippen molar-refractivity contribution in [3.05, 3.63) is 220 Å². The predicted molar refractivity (Wildman–Crippen MR) is 267 cm³/mol. The molecule has 0 atom stereocenters. The van der Waals surface area contributed by atoms with E-state index >= 15 is 0 Å². The fourth-order valence-electron chi connectivity index (χ4n) is 8.13. The Kier molecular flexibility index (Phi) is 14.7. The van der Waals surface area contributed by atoms with Crippen molar-refractivity contribution in [2.45, 2.75) is 74.1 Å². The van der Waals surface area contributed by atoms with Crippen molar-refractivity contribution in [2.24, 2.45) is 0 Å². The molecule has 0 spiro atoms. The summed E-state index contributed by atoms with van der Waals surface area (Å²) in [4.78, 5) is 3.71. The highest BCUT2D eigenvalue weighted by atomic mass is 14.7. The van der Waals surface area contributed by atoms with Crippen molar-refractivity contribution >= 4 is 39.8 Å². The van der Waals surface area contributed by atoms with E-state index in [0.717, 1.165) is 31.4 Å². The average molecular weight is 784 g/mol. The van der Waals surface area contributed by atoms with E-state index in [1.54, 1.807) is 0 Å². The molecule has 8 rings (SSSR count). The number of rotatable bonds is 9. The highest BCUT2D eigenvalue weighted by Gasteiger charge is 2.19. The Labute approximate surface area is 359 Å². The highest BCUT2D eigenvalue weighted by molar-refractivity contribution is 6.12. The van der Waals surface area contributed by atoms with E-state index in [9.17, 15) is 0 Å². The van der Waals surface area contributed by atoms with Gasteiger partial charge in [0.25, 0.3) is 0 Å². The van der Waals surface area contributed by atoms with Crippen molar-refractivity contribution in [1.29, 1.82) is 0 Å². The number of aryl methyl sites for hydroxylation is 6. The maximum atomic E-state index is 4.10. The first-order chi connectivity index (χ1) is 29.1. The molecule has 302 valence electrons. The Balaban J connectivity index is 0.000000181. The van der Waals surface area contributed by atoms with Gasteiger partial charge in [-0.2, -0.15) is 0 Å². The fraction of sp³-hybridized carbons (Fsp3) is 0.186. The third-order valence-electron chi connectivity index (χ3n) is 11.3. The van der Waals surface area contributed by atoms with Crippen LogP contribution in [0, 0.1) is 41.5 Å². The van der Waals surface area contributed by atoms with Crippen LogP contribution in [0.1, 0.15) is 82.1 Å². The Morgan fingerprint density at radius 2 is 1.32 bits per heavy atom. The highest BCUT2D eigenvalue weighted by Crippen LogP contribution is 2.39. The lowest BCUT2D eigenvalue weighted by atomic mass is 9.90. The summed E-state index contributed by atoms with van der Waals surface area (Å²) in [6.07, 6.45) is 23.4. The quantitative estimate of drug-likeness (QED) is 0.111. The summed E-state index contributed by atoms with van der Waals surface area (Å²) in [6.45, 7) is 23.0. The second kappa shape index (κ2) is 20.5. The molecule has 0 amide bonds. The number of nitrogens with one attached hydrogen (secondary N) is 1. The number of allylic oxidation sites excluding steroid dienone is 7. The Hall–Kier alpha value is -6.44. The summed E-state index contributed by atoms with van der Waals surface area (Å²) < 4.78 is 0. The van der Waals surface area contributed by atoms with Crippen molar-refractivity contribution in [1.82, 2.24) is 4.98 Å². The number of benzene rings is 6. The van der Waals surface area contributed by atoms with Crippen LogP contribution in [-0.2, 0) is 6.42 Å². The summed E-state index contributed by atoms with van der Waals surface area (Å²) in [7, 11) is 0. The fourth-order valence-corrected chi connectivity index (χ4v) is 8.13. The summed E-state index contributed by atoms with van der Waals surface area (Å²) >= 11 is 0. The molecule has 0 aliphatic heterocycles. The number of fused-ring (bicyclic) bond motifs is 3. The van der Waals surface area contributed by atoms with E-state index in [0.29, 0.717) is 0 Å². The molecule has 1 aliphatic rings. The van der Waals surface area contributed by atoms with Crippen molar-refractivity contribution in [2.75, 3.05) is 0 Å². The predicted octanol–water partition coefficient (Wildman–Crippen LogP) is 17.0. The molecule has 0 radical (unpaired) electrons. The van der Waals surface area contributed by atoms with Crippen LogP contribution in [-0.4, -0.2) is 4.98 Å². The molecule has 0 bridgehead atoms. The first-order valence-corrected chi connectivity index (χ1v) is 21.4. The van der Waals surface area contributed by atoms with Crippen LogP contribution in [0.2, 0.25) is 0 Å². The molecule has 1 aliphatic carbocycles. The third-order valence-corrected chi connectivity index (χ3v) is 11.3. The van der Waals surface area contributed by atoms with Crippen LogP contribution >= 0.6 is 0 Å². The van der Waals surface area contributed by atoms with Gasteiger partial charge in [-0.1, -0.05) is 200 Å². The molecule has 1 heteroatoms. The van der Waals surface area contributed by atoms with E-state index in [1.807, 2.05) is 18.2 Å². The van der Waals surface area contributed by atoms with Crippen LogP contribution in [0.15, 0.2) is 164 Å². The topological polar surface area (TPSA) is 15.8 Å². The van der Waals surface area contributed by atoms with Crippen molar-refractivity contribution < 1.29 is 0 Å². The Morgan fingerprint density at radius 3 is 1.97 bits per heavy atom. The minimum absolute atomic E-state index is 0.939. The summed E-state index contributed by atoms with van der Waals surface area (Å²) in [5.41, 5.74) is 19.4. The van der Waals surface area contributed by atoms with Crippen molar-refractivity contribution in [3.63, 3.8) is 0 Å². The second-order valence-corrected chi connectivity index (χ2v) is 16.1. The van der Waals surface area contributed by atoms with Gasteiger partial charge in [0.05, 0.1) is 0 Å². The lowest BCUT2D eigenvalue weighted by Gasteiger charge is -2.14. The Bertz CT molecular complexity index is 2720. The molecule has 60 heavy (non-hydrogen) atoms. The zero-order valence-electron chi connectivity index (χ0n) is 36.8. The zero-order valence-corrected chi connectivity index (χ0v) is 36.8. The van der Waals surface area contributed by atoms with E-state index < -0.39 is 0 Å². The molecular formula is C59H61N. The summed E-state index contributed by atoms with van der Waals surface area (Å²) in [5.74, 6) is 0. The van der Waals surface area contributed by atoms with Gasteiger partial charge in [-0.25, -0.2) is 0 Å². The summed E-state index contributed by atoms with van der Waals surface area (Å²) in [5, 5.41) is 5.29. The molecular weight excluding hydrogens is 723 g/mol. The van der Waals surface area contributed by atoms with Gasteiger partial charge in [0.2, 0.25) is 0 Å². The maximum absolute atomic E-state index is 4.10. The van der Waals surface area contributed by atoms with Crippen LogP contribution < -0.4 is 0 Å². The molecule has 1 nitrogen and oxygen atoms in total. The molecule has 0 saturated carbocycles. The number of hydrogen-bond donors (Lipinski definition) is 1. The zero-order chi connectivity index (χ0) is 42.6. The number of hydrogen-bond acceptors (Lipinski definition) is 0. The van der Waals surface area contributed by atoms with Crippen LogP contribution in [0.3, 0.4) is 0 Å². The third kappa shape index (κ3) is 10.4. The van der Waals surface area contributed by atoms with Gasteiger partial charge in [-0.3, -0.25) is 0 Å². The van der Waals surface area contributed by atoms with Gasteiger partial charge in [0.1, 0.15) is 0 Å². The monoisotopic (exact) mass is 783 g/mol. The molecule has 6 aromatic carbocycles. The molecule has 0 saturated heterocycles. The van der Waals surface area contributed by atoms with Gasteiger partial charge in [0, 0.05) is 28.9 Å². The molecule has 0 fully saturated rings. The number of aromatic amines is 1. The maximum Gasteiger partial charge on any atom is 0.0456 e. The van der Waals surface area contributed by atoms with Crippen LogP contribution in [0.25, 0.3) is 62.0 Å². The normalized spacial score (nSPS) is 12.3. The first-order valence-electron chi connectivity index (χ1n) is 21.4. The number of H-pyrrole nitrogens is 1. The minimum atomic E-state index is 0.939. The van der Waals surface area contributed by atoms with E-state index in [-0.39, 0.29) is 0 Å². The number of aromatic nitrogens is 1. The summed E-state index contributed by atoms with van der Waals surface area (Å²) in [6, 6.07) is 39.4. The smallest absolute Gasteiger partial charge is 0.0456 e. The van der Waals surface area contributed by atoms with Crippen molar-refractivity contribution in [3.8, 4) is 22.3 Å². The lowest BCUT2D eigenvalue weighted by molar-refractivity contribution is 0.898. The van der Waals surface area contributed by atoms with Gasteiger partial charge < -0.3 is 4.98 Å². The molecule has 1 aromatic heterocycles. The van der Waals surface area contributed by atoms with Gasteiger partial charge in [-0.05, 0) is 128 Å². The van der Waals surface area contributed by atoms with E-state index in [2.05, 4.69) is 212 Å².